The summed E-state index contributed by atoms with van der Waals surface area (Å²) in [6, 6.07) is 12.1. The van der Waals surface area contributed by atoms with Crippen LogP contribution in [0.4, 0.5) is 4.39 Å². The summed E-state index contributed by atoms with van der Waals surface area (Å²) in [4.78, 5) is 24.5. The zero-order chi connectivity index (χ0) is 19.4. The maximum atomic E-state index is 13.8. The molecule has 0 unspecified atom stereocenters. The van der Waals surface area contributed by atoms with E-state index >= 15 is 0 Å². The van der Waals surface area contributed by atoms with Crippen molar-refractivity contribution < 1.29 is 18.7 Å². The van der Waals surface area contributed by atoms with Crippen LogP contribution < -0.4 is 5.32 Å². The molecule has 4 nitrogen and oxygen atoms in total. The second kappa shape index (κ2) is 8.53. The van der Waals surface area contributed by atoms with E-state index in [2.05, 4.69) is 11.4 Å². The topological polar surface area (TPSA) is 55.4 Å². The monoisotopic (exact) mass is 389 g/mol. The molecule has 6 heteroatoms. The Balaban J connectivity index is 1.59. The maximum absolute atomic E-state index is 13.8. The van der Waals surface area contributed by atoms with Crippen LogP contribution in [0.2, 0.25) is 5.02 Å². The zero-order valence-corrected chi connectivity index (χ0v) is 15.8. The summed E-state index contributed by atoms with van der Waals surface area (Å²) in [6.07, 6.45) is 1.53. The fourth-order valence-electron chi connectivity index (χ4n) is 3.33. The highest BCUT2D eigenvalue weighted by molar-refractivity contribution is 6.31. The molecule has 27 heavy (non-hydrogen) atoms. The number of nitrogens with one attached hydrogen (secondary N) is 1. The predicted molar refractivity (Wildman–Crippen MR) is 101 cm³/mol. The molecule has 0 spiro atoms. The molecule has 0 heterocycles. The molecule has 0 bridgehead atoms. The first kappa shape index (κ1) is 19.4. The van der Waals surface area contributed by atoms with E-state index in [0.29, 0.717) is 0 Å². The Labute approximate surface area is 162 Å². The minimum atomic E-state index is -0.975. The Kier molecular flexibility index (Phi) is 6.11. The van der Waals surface area contributed by atoms with E-state index in [-0.39, 0.29) is 29.0 Å². The summed E-state index contributed by atoms with van der Waals surface area (Å²) >= 11 is 5.92. The Morgan fingerprint density at radius 1 is 1.26 bits per heavy atom. The normalized spacial score (nSPS) is 16.9. The van der Waals surface area contributed by atoms with E-state index in [1.165, 1.54) is 30.7 Å². The number of hydrogen-bond donors (Lipinski definition) is 1. The van der Waals surface area contributed by atoms with Crippen LogP contribution in [0.1, 0.15) is 42.5 Å². The van der Waals surface area contributed by atoms with Gasteiger partial charge in [-0.05, 0) is 49.4 Å². The minimum Gasteiger partial charge on any atom is -0.452 e. The zero-order valence-electron chi connectivity index (χ0n) is 15.0. The van der Waals surface area contributed by atoms with Crippen molar-refractivity contribution >= 4 is 23.5 Å². The van der Waals surface area contributed by atoms with Crippen LogP contribution in [0.25, 0.3) is 0 Å². The van der Waals surface area contributed by atoms with Crippen LogP contribution in [0.3, 0.4) is 0 Å². The van der Waals surface area contributed by atoms with Crippen molar-refractivity contribution in [2.75, 3.05) is 0 Å². The van der Waals surface area contributed by atoms with Crippen molar-refractivity contribution in [2.45, 2.75) is 44.8 Å². The number of esters is 1. The van der Waals surface area contributed by atoms with Crippen LogP contribution in [0.5, 0.6) is 0 Å². The summed E-state index contributed by atoms with van der Waals surface area (Å²) in [5.74, 6) is -1.64. The van der Waals surface area contributed by atoms with Gasteiger partial charge in [-0.25, -0.2) is 4.39 Å². The minimum absolute atomic E-state index is 0.0676. The van der Waals surface area contributed by atoms with Crippen LogP contribution in [-0.2, 0) is 27.2 Å². The number of amides is 1. The first-order valence-corrected chi connectivity index (χ1v) is 9.34. The smallest absolute Gasteiger partial charge is 0.311 e. The summed E-state index contributed by atoms with van der Waals surface area (Å²) in [6.45, 7) is 1.50. The molecule has 3 rings (SSSR count). The average Bonchev–Trinajstić information content (AvgIpc) is 2.65. The van der Waals surface area contributed by atoms with Gasteiger partial charge < -0.3 is 10.1 Å². The number of carbonyl (C=O) groups excluding carboxylic acids is 2. The molecule has 0 aromatic heterocycles. The summed E-state index contributed by atoms with van der Waals surface area (Å²) in [7, 11) is 0. The molecular weight excluding hydrogens is 369 g/mol. The van der Waals surface area contributed by atoms with E-state index in [4.69, 9.17) is 16.3 Å². The van der Waals surface area contributed by atoms with Crippen LogP contribution >= 0.6 is 11.6 Å². The van der Waals surface area contributed by atoms with Gasteiger partial charge in [-0.1, -0.05) is 41.9 Å². The van der Waals surface area contributed by atoms with Gasteiger partial charge in [-0.15, -0.1) is 0 Å². The first-order chi connectivity index (χ1) is 13.0. The third-order valence-corrected chi connectivity index (χ3v) is 5.10. The number of carbonyl (C=O) groups is 2. The van der Waals surface area contributed by atoms with Crippen molar-refractivity contribution in [1.29, 1.82) is 0 Å². The van der Waals surface area contributed by atoms with Crippen molar-refractivity contribution in [1.82, 2.24) is 5.32 Å². The van der Waals surface area contributed by atoms with Gasteiger partial charge in [-0.3, -0.25) is 9.59 Å². The Bertz CT molecular complexity index is 835. The van der Waals surface area contributed by atoms with E-state index in [1.807, 2.05) is 18.2 Å². The highest BCUT2D eigenvalue weighted by Gasteiger charge is 2.25. The lowest BCUT2D eigenvalue weighted by molar-refractivity contribution is -0.154. The molecule has 1 aliphatic carbocycles. The molecule has 1 aliphatic rings. The van der Waals surface area contributed by atoms with Crippen LogP contribution in [0.15, 0.2) is 42.5 Å². The fourth-order valence-corrected chi connectivity index (χ4v) is 3.56. The quantitative estimate of drug-likeness (QED) is 0.781. The summed E-state index contributed by atoms with van der Waals surface area (Å²) < 4.78 is 19.0. The second-order valence-corrected chi connectivity index (χ2v) is 7.07. The lowest BCUT2D eigenvalue weighted by Crippen LogP contribution is -2.39. The molecule has 1 amide bonds. The summed E-state index contributed by atoms with van der Waals surface area (Å²) in [5, 5.41) is 3.11. The second-order valence-electron chi connectivity index (χ2n) is 6.66. The summed E-state index contributed by atoms with van der Waals surface area (Å²) in [5.41, 5.74) is 2.40. The van der Waals surface area contributed by atoms with Crippen LogP contribution in [0, 0.1) is 5.82 Å². The molecule has 142 valence electrons. The number of halogens is 2. The van der Waals surface area contributed by atoms with E-state index in [0.717, 1.165) is 24.8 Å². The molecule has 0 saturated heterocycles. The van der Waals surface area contributed by atoms with Crippen molar-refractivity contribution in [3.05, 3.63) is 70.0 Å². The van der Waals surface area contributed by atoms with E-state index < -0.39 is 17.9 Å². The number of ether oxygens (including phenoxy) is 1. The molecule has 1 N–H and O–H groups in total. The molecule has 2 aromatic rings. The van der Waals surface area contributed by atoms with Gasteiger partial charge in [-0.2, -0.15) is 0 Å². The molecule has 0 fully saturated rings. The van der Waals surface area contributed by atoms with Gasteiger partial charge in [0.15, 0.2) is 6.10 Å². The molecule has 0 radical (unpaired) electrons. The lowest BCUT2D eigenvalue weighted by Gasteiger charge is -2.27. The van der Waals surface area contributed by atoms with E-state index in [9.17, 15) is 14.0 Å². The highest BCUT2D eigenvalue weighted by atomic mass is 35.5. The maximum Gasteiger partial charge on any atom is 0.311 e. The molecular formula is C21H21ClFNO3. The standard InChI is InChI=1S/C21H21ClFNO3/c1-13(27-20(25)12-16-17(22)9-5-10-18(16)23)21(26)24-19-11-4-7-14-6-2-3-8-15(14)19/h2-3,5-6,8-10,13,19H,4,7,11-12H2,1H3,(H,24,26)/t13-,19-/m0/s1. The average molecular weight is 390 g/mol. The van der Waals surface area contributed by atoms with Gasteiger partial charge in [0.05, 0.1) is 12.5 Å². The number of fused-ring (bicyclic) bond motifs is 1. The molecule has 0 saturated carbocycles. The van der Waals surface area contributed by atoms with Gasteiger partial charge in [0.1, 0.15) is 5.82 Å². The van der Waals surface area contributed by atoms with Gasteiger partial charge in [0.25, 0.3) is 5.91 Å². The Hall–Kier alpha value is -2.40. The number of hydrogen-bond acceptors (Lipinski definition) is 3. The number of benzene rings is 2. The Morgan fingerprint density at radius 3 is 2.81 bits per heavy atom. The van der Waals surface area contributed by atoms with Crippen LogP contribution in [-0.4, -0.2) is 18.0 Å². The highest BCUT2D eigenvalue weighted by Crippen LogP contribution is 2.29. The lowest BCUT2D eigenvalue weighted by atomic mass is 9.87. The molecule has 0 aliphatic heterocycles. The SMILES string of the molecule is C[C@H](OC(=O)Cc1c(F)cccc1Cl)C(=O)N[C@H]1CCCc2ccccc21. The van der Waals surface area contributed by atoms with Gasteiger partial charge in [0.2, 0.25) is 0 Å². The molecule has 2 aromatic carbocycles. The third kappa shape index (κ3) is 4.66. The third-order valence-electron chi connectivity index (χ3n) is 4.75. The first-order valence-electron chi connectivity index (χ1n) is 8.96. The largest absolute Gasteiger partial charge is 0.452 e. The van der Waals surface area contributed by atoms with Crippen molar-refractivity contribution in [3.8, 4) is 0 Å². The van der Waals surface area contributed by atoms with Gasteiger partial charge in [0, 0.05) is 10.6 Å². The van der Waals surface area contributed by atoms with Crippen molar-refractivity contribution in [3.63, 3.8) is 0 Å². The predicted octanol–water partition coefficient (Wildman–Crippen LogP) is 4.15. The van der Waals surface area contributed by atoms with Crippen molar-refractivity contribution in [2.24, 2.45) is 0 Å². The van der Waals surface area contributed by atoms with Gasteiger partial charge >= 0.3 is 5.97 Å². The number of rotatable bonds is 5. The Morgan fingerprint density at radius 2 is 2.04 bits per heavy atom. The fraction of sp³-hybridized carbons (Fsp3) is 0.333. The van der Waals surface area contributed by atoms with E-state index in [1.54, 1.807) is 0 Å². The number of aryl methyl sites for hydroxylation is 1. The molecule has 2 atom stereocenters.